The second kappa shape index (κ2) is 7.71. The molecule has 0 bridgehead atoms. The molecule has 24 heavy (non-hydrogen) atoms. The van der Waals surface area contributed by atoms with Gasteiger partial charge >= 0.3 is 6.36 Å². The first-order valence-electron chi connectivity index (χ1n) is 7.26. The van der Waals surface area contributed by atoms with Crippen LogP contribution in [-0.2, 0) is 6.42 Å². The lowest BCUT2D eigenvalue weighted by atomic mass is 10.1. The third-order valence-electron chi connectivity index (χ3n) is 3.20. The van der Waals surface area contributed by atoms with E-state index >= 15 is 0 Å². The Morgan fingerprint density at radius 1 is 1.38 bits per heavy atom. The van der Waals surface area contributed by atoms with Crippen LogP contribution < -0.4 is 15.8 Å². The summed E-state index contributed by atoms with van der Waals surface area (Å²) in [5.41, 5.74) is 7.91. The number of nitrogens with one attached hydrogen (secondary N) is 2. The summed E-state index contributed by atoms with van der Waals surface area (Å²) < 4.78 is 41.0. The number of para-hydroxylation sites is 2. The number of aryl methyl sites for hydroxylation is 2. The summed E-state index contributed by atoms with van der Waals surface area (Å²) in [6.07, 6.45) is -1.49. The average molecular weight is 341 g/mol. The molecule has 0 aliphatic rings. The summed E-state index contributed by atoms with van der Waals surface area (Å²) in [4.78, 5) is 4.10. The van der Waals surface area contributed by atoms with Crippen LogP contribution in [0.1, 0.15) is 17.7 Å². The predicted octanol–water partition coefficient (Wildman–Crippen LogP) is 2.98. The Hall–Kier alpha value is -2.71. The van der Waals surface area contributed by atoms with Crippen molar-refractivity contribution in [2.24, 2.45) is 10.7 Å². The molecule has 0 radical (unpaired) electrons. The number of benzene rings is 1. The van der Waals surface area contributed by atoms with E-state index < -0.39 is 6.36 Å². The molecular weight excluding hydrogens is 323 g/mol. The van der Waals surface area contributed by atoms with Gasteiger partial charge in [0, 0.05) is 12.2 Å². The van der Waals surface area contributed by atoms with Crippen LogP contribution in [0.4, 0.5) is 18.9 Å². The fourth-order valence-corrected chi connectivity index (χ4v) is 2.06. The lowest BCUT2D eigenvalue weighted by Gasteiger charge is -2.14. The quantitative estimate of drug-likeness (QED) is 0.428. The van der Waals surface area contributed by atoms with Crippen LogP contribution in [0, 0.1) is 6.92 Å². The van der Waals surface area contributed by atoms with Gasteiger partial charge in [0.2, 0.25) is 0 Å². The summed E-state index contributed by atoms with van der Waals surface area (Å²) in [5.74, 6) is -0.339. The van der Waals surface area contributed by atoms with Gasteiger partial charge in [-0.2, -0.15) is 5.10 Å². The van der Waals surface area contributed by atoms with Gasteiger partial charge in [0.1, 0.15) is 0 Å². The molecule has 0 saturated heterocycles. The zero-order valence-corrected chi connectivity index (χ0v) is 13.0. The molecule has 0 atom stereocenters. The van der Waals surface area contributed by atoms with Gasteiger partial charge in [0.05, 0.1) is 11.9 Å². The fraction of sp³-hybridized carbons (Fsp3) is 0.333. The first-order chi connectivity index (χ1) is 11.3. The molecule has 0 spiro atoms. The van der Waals surface area contributed by atoms with Gasteiger partial charge in [0.25, 0.3) is 0 Å². The molecule has 2 aromatic rings. The van der Waals surface area contributed by atoms with E-state index in [0.29, 0.717) is 6.54 Å². The molecule has 0 aliphatic carbocycles. The molecule has 1 aromatic carbocycles. The summed E-state index contributed by atoms with van der Waals surface area (Å²) in [7, 11) is 0. The SMILES string of the molecule is Cc1[nH]ncc1CCCN=C(N)Nc1ccccc1OC(F)(F)F. The topological polar surface area (TPSA) is 88.3 Å². The number of aromatic amines is 1. The third-order valence-corrected chi connectivity index (χ3v) is 3.20. The van der Waals surface area contributed by atoms with Crippen molar-refractivity contribution in [2.45, 2.75) is 26.1 Å². The van der Waals surface area contributed by atoms with Gasteiger partial charge in [-0.15, -0.1) is 13.2 Å². The highest BCUT2D eigenvalue weighted by Gasteiger charge is 2.32. The molecule has 4 N–H and O–H groups in total. The molecule has 0 aliphatic heterocycles. The Morgan fingerprint density at radius 3 is 2.79 bits per heavy atom. The number of aliphatic imine (C=N–C) groups is 1. The second-order valence-electron chi connectivity index (χ2n) is 5.06. The highest BCUT2D eigenvalue weighted by atomic mass is 19.4. The van der Waals surface area contributed by atoms with Crippen molar-refractivity contribution < 1.29 is 17.9 Å². The van der Waals surface area contributed by atoms with Crippen molar-refractivity contribution in [2.75, 3.05) is 11.9 Å². The van der Waals surface area contributed by atoms with Crippen molar-refractivity contribution in [1.29, 1.82) is 0 Å². The van der Waals surface area contributed by atoms with Gasteiger partial charge in [-0.05, 0) is 37.5 Å². The van der Waals surface area contributed by atoms with E-state index in [1.54, 1.807) is 12.3 Å². The number of ether oxygens (including phenoxy) is 1. The monoisotopic (exact) mass is 341 g/mol. The van der Waals surface area contributed by atoms with E-state index in [9.17, 15) is 13.2 Å². The van der Waals surface area contributed by atoms with E-state index in [0.717, 1.165) is 24.1 Å². The average Bonchev–Trinajstić information content (AvgIpc) is 2.90. The largest absolute Gasteiger partial charge is 0.573 e. The number of hydrogen-bond acceptors (Lipinski definition) is 3. The normalized spacial score (nSPS) is 12.2. The minimum absolute atomic E-state index is 0.0251. The minimum atomic E-state index is -4.77. The summed E-state index contributed by atoms with van der Waals surface area (Å²) in [6, 6.07) is 5.64. The van der Waals surface area contributed by atoms with Crippen molar-refractivity contribution in [3.05, 3.63) is 41.7 Å². The molecule has 2 rings (SSSR count). The predicted molar refractivity (Wildman–Crippen MR) is 84.9 cm³/mol. The highest BCUT2D eigenvalue weighted by molar-refractivity contribution is 5.93. The number of halogens is 3. The first-order valence-corrected chi connectivity index (χ1v) is 7.26. The van der Waals surface area contributed by atoms with Crippen LogP contribution in [0.2, 0.25) is 0 Å². The van der Waals surface area contributed by atoms with E-state index in [1.807, 2.05) is 6.92 Å². The number of rotatable bonds is 6. The number of anilines is 1. The maximum absolute atomic E-state index is 12.4. The van der Waals surface area contributed by atoms with Crippen LogP contribution in [0.15, 0.2) is 35.5 Å². The lowest BCUT2D eigenvalue weighted by molar-refractivity contribution is -0.274. The zero-order valence-electron chi connectivity index (χ0n) is 13.0. The molecule has 1 heterocycles. The van der Waals surface area contributed by atoms with Crippen molar-refractivity contribution in [1.82, 2.24) is 10.2 Å². The molecule has 9 heteroatoms. The van der Waals surface area contributed by atoms with Crippen molar-refractivity contribution in [3.8, 4) is 5.75 Å². The van der Waals surface area contributed by atoms with Crippen LogP contribution in [0.25, 0.3) is 0 Å². The molecule has 130 valence electrons. The molecule has 6 nitrogen and oxygen atoms in total. The Kier molecular flexibility index (Phi) is 5.67. The van der Waals surface area contributed by atoms with E-state index in [-0.39, 0.29) is 17.4 Å². The van der Waals surface area contributed by atoms with Crippen LogP contribution in [0.3, 0.4) is 0 Å². The van der Waals surface area contributed by atoms with Gasteiger partial charge in [0.15, 0.2) is 11.7 Å². The Balaban J connectivity index is 1.89. The second-order valence-corrected chi connectivity index (χ2v) is 5.06. The van der Waals surface area contributed by atoms with Crippen LogP contribution in [0.5, 0.6) is 5.75 Å². The number of hydrogen-bond donors (Lipinski definition) is 3. The number of H-pyrrole nitrogens is 1. The summed E-state index contributed by atoms with van der Waals surface area (Å²) in [6.45, 7) is 2.37. The molecular formula is C15H18F3N5O. The van der Waals surface area contributed by atoms with E-state index in [2.05, 4.69) is 25.2 Å². The molecule has 0 unspecified atom stereocenters. The minimum Gasteiger partial charge on any atom is -0.404 e. The zero-order chi connectivity index (χ0) is 17.6. The van der Waals surface area contributed by atoms with Gasteiger partial charge in [-0.3, -0.25) is 10.1 Å². The van der Waals surface area contributed by atoms with Gasteiger partial charge in [-0.25, -0.2) is 0 Å². The maximum Gasteiger partial charge on any atom is 0.573 e. The number of nitrogens with two attached hydrogens (primary N) is 1. The number of aromatic nitrogens is 2. The Morgan fingerprint density at radius 2 is 2.12 bits per heavy atom. The van der Waals surface area contributed by atoms with Crippen molar-refractivity contribution in [3.63, 3.8) is 0 Å². The standard InChI is InChI=1S/C15H18F3N5O/c1-10-11(9-21-23-10)5-4-8-20-14(19)22-12-6-2-3-7-13(12)24-15(16,17)18/h2-3,6-7,9H,4-5,8H2,1H3,(H,21,23)(H3,19,20,22). The summed E-state index contributed by atoms with van der Waals surface area (Å²) in [5, 5.41) is 9.40. The molecule has 0 fully saturated rings. The first kappa shape index (κ1) is 17.6. The van der Waals surface area contributed by atoms with Crippen LogP contribution >= 0.6 is 0 Å². The van der Waals surface area contributed by atoms with Crippen molar-refractivity contribution >= 4 is 11.6 Å². The van der Waals surface area contributed by atoms with E-state index in [4.69, 9.17) is 5.73 Å². The number of alkyl halides is 3. The summed E-state index contributed by atoms with van der Waals surface area (Å²) >= 11 is 0. The van der Waals surface area contributed by atoms with Gasteiger partial charge in [-0.1, -0.05) is 12.1 Å². The number of guanidine groups is 1. The molecule has 0 saturated carbocycles. The Labute approximate surface area is 136 Å². The lowest BCUT2D eigenvalue weighted by Crippen LogP contribution is -2.24. The highest BCUT2D eigenvalue weighted by Crippen LogP contribution is 2.29. The third kappa shape index (κ3) is 5.49. The Bertz CT molecular complexity index is 696. The smallest absolute Gasteiger partial charge is 0.404 e. The van der Waals surface area contributed by atoms with Crippen LogP contribution in [-0.4, -0.2) is 29.1 Å². The van der Waals surface area contributed by atoms with Gasteiger partial charge < -0.3 is 15.8 Å². The maximum atomic E-state index is 12.4. The fourth-order valence-electron chi connectivity index (χ4n) is 2.06. The molecule has 1 aromatic heterocycles. The number of nitrogens with zero attached hydrogens (tertiary/aromatic N) is 2. The molecule has 0 amide bonds. The van der Waals surface area contributed by atoms with E-state index in [1.165, 1.54) is 18.2 Å².